The van der Waals surface area contributed by atoms with Gasteiger partial charge in [-0.1, -0.05) is 57.0 Å². The maximum absolute atomic E-state index is 13.4. The molecule has 176 valence electrons. The van der Waals surface area contributed by atoms with Gasteiger partial charge in [0.15, 0.2) is 0 Å². The standard InChI is InChI=1S/C26H31N7O/c1-3-5-8-21-17-33(24-14-12-18(24)4-2)26(34)32(21)16-20-13-11-19(15-27-20)22-9-6-7-10-23(22)25-28-30-31-29-25/h6-7,9-11,13,15,17-18,24H,3-5,8,12,14,16H2,1-2H3,(H,28,29,30,31). The van der Waals surface area contributed by atoms with E-state index in [4.69, 9.17) is 4.98 Å². The molecule has 34 heavy (non-hydrogen) atoms. The number of rotatable bonds is 9. The molecule has 8 heteroatoms. The number of imidazole rings is 1. The summed E-state index contributed by atoms with van der Waals surface area (Å²) in [4.78, 5) is 18.1. The molecular weight excluding hydrogens is 426 g/mol. The second-order valence-corrected chi connectivity index (χ2v) is 9.13. The third-order valence-corrected chi connectivity index (χ3v) is 7.10. The first-order valence-electron chi connectivity index (χ1n) is 12.3. The number of hydrogen-bond acceptors (Lipinski definition) is 5. The molecule has 1 saturated carbocycles. The highest BCUT2D eigenvalue weighted by atomic mass is 16.1. The van der Waals surface area contributed by atoms with Crippen LogP contribution in [0.2, 0.25) is 0 Å². The Hall–Kier alpha value is -3.55. The second-order valence-electron chi connectivity index (χ2n) is 9.13. The molecule has 8 nitrogen and oxygen atoms in total. The van der Waals surface area contributed by atoms with Crippen LogP contribution in [0.1, 0.15) is 63.4 Å². The molecule has 0 bridgehead atoms. The first kappa shape index (κ1) is 22.3. The molecule has 0 saturated heterocycles. The van der Waals surface area contributed by atoms with Crippen molar-refractivity contribution in [3.05, 3.63) is 70.7 Å². The zero-order valence-corrected chi connectivity index (χ0v) is 19.8. The van der Waals surface area contributed by atoms with Crippen LogP contribution in [-0.2, 0) is 13.0 Å². The number of hydrogen-bond donors (Lipinski definition) is 1. The summed E-state index contributed by atoms with van der Waals surface area (Å²) in [6, 6.07) is 12.3. The summed E-state index contributed by atoms with van der Waals surface area (Å²) >= 11 is 0. The number of benzene rings is 1. The number of unbranched alkanes of at least 4 members (excludes halogenated alkanes) is 1. The Morgan fingerprint density at radius 3 is 2.59 bits per heavy atom. The van der Waals surface area contributed by atoms with Gasteiger partial charge in [0.05, 0.1) is 12.2 Å². The lowest BCUT2D eigenvalue weighted by Gasteiger charge is -2.36. The van der Waals surface area contributed by atoms with E-state index in [9.17, 15) is 4.79 Å². The SMILES string of the molecule is CCCCc1cn(C2CCC2CC)c(=O)n1Cc1ccc(-c2ccccc2-c2nn[nH]n2)cn1. The fourth-order valence-corrected chi connectivity index (χ4v) is 4.95. The van der Waals surface area contributed by atoms with Crippen LogP contribution in [0.3, 0.4) is 0 Å². The van der Waals surface area contributed by atoms with Crippen molar-refractivity contribution in [2.45, 2.75) is 65.0 Å². The van der Waals surface area contributed by atoms with E-state index < -0.39 is 0 Å². The lowest BCUT2D eigenvalue weighted by Crippen LogP contribution is -2.36. The molecule has 4 aromatic rings. The number of aryl methyl sites for hydroxylation is 1. The summed E-state index contributed by atoms with van der Waals surface area (Å²) in [7, 11) is 0. The minimum Gasteiger partial charge on any atom is -0.296 e. The van der Waals surface area contributed by atoms with Crippen molar-refractivity contribution in [1.82, 2.24) is 34.7 Å². The monoisotopic (exact) mass is 457 g/mol. The molecule has 1 aromatic carbocycles. The zero-order chi connectivity index (χ0) is 23.5. The first-order valence-corrected chi connectivity index (χ1v) is 12.3. The zero-order valence-electron chi connectivity index (χ0n) is 19.8. The molecule has 2 unspecified atom stereocenters. The minimum absolute atomic E-state index is 0.0996. The van der Waals surface area contributed by atoms with Crippen LogP contribution < -0.4 is 5.69 Å². The Kier molecular flexibility index (Phi) is 6.38. The Bertz CT molecular complexity index is 1290. The quantitative estimate of drug-likeness (QED) is 0.395. The number of pyridine rings is 1. The van der Waals surface area contributed by atoms with Crippen LogP contribution in [0, 0.1) is 5.92 Å². The Balaban J connectivity index is 1.43. The van der Waals surface area contributed by atoms with Gasteiger partial charge in [-0.05, 0) is 48.4 Å². The summed E-state index contributed by atoms with van der Waals surface area (Å²) in [6.07, 6.45) is 10.5. The van der Waals surface area contributed by atoms with E-state index in [0.29, 0.717) is 24.3 Å². The van der Waals surface area contributed by atoms with E-state index in [2.05, 4.69) is 40.7 Å². The number of aromatic nitrogens is 7. The number of tetrazole rings is 1. The molecule has 1 aliphatic carbocycles. The topological polar surface area (TPSA) is 94.3 Å². The van der Waals surface area contributed by atoms with Gasteiger partial charge in [0.1, 0.15) is 0 Å². The van der Waals surface area contributed by atoms with E-state index >= 15 is 0 Å². The Morgan fingerprint density at radius 1 is 1.09 bits per heavy atom. The van der Waals surface area contributed by atoms with Crippen LogP contribution in [0.4, 0.5) is 0 Å². The van der Waals surface area contributed by atoms with Crippen molar-refractivity contribution in [1.29, 1.82) is 0 Å². The maximum atomic E-state index is 13.4. The molecule has 1 aliphatic rings. The van der Waals surface area contributed by atoms with Gasteiger partial charge in [0.2, 0.25) is 5.82 Å². The van der Waals surface area contributed by atoms with Crippen molar-refractivity contribution >= 4 is 0 Å². The van der Waals surface area contributed by atoms with Crippen LogP contribution in [0.5, 0.6) is 0 Å². The highest BCUT2D eigenvalue weighted by Crippen LogP contribution is 2.40. The predicted molar refractivity (Wildman–Crippen MR) is 131 cm³/mol. The molecule has 3 aromatic heterocycles. The number of nitrogens with zero attached hydrogens (tertiary/aromatic N) is 6. The molecule has 0 aliphatic heterocycles. The molecule has 1 fully saturated rings. The average molecular weight is 458 g/mol. The predicted octanol–water partition coefficient (Wildman–Crippen LogP) is 4.64. The first-order chi connectivity index (χ1) is 16.7. The highest BCUT2D eigenvalue weighted by molar-refractivity contribution is 5.79. The maximum Gasteiger partial charge on any atom is 0.328 e. The van der Waals surface area contributed by atoms with Crippen LogP contribution in [0.25, 0.3) is 22.5 Å². The summed E-state index contributed by atoms with van der Waals surface area (Å²) in [5.74, 6) is 1.17. The number of aromatic amines is 1. The van der Waals surface area contributed by atoms with Gasteiger partial charge in [-0.2, -0.15) is 5.21 Å². The molecule has 3 heterocycles. The lowest BCUT2D eigenvalue weighted by molar-refractivity contribution is 0.171. The van der Waals surface area contributed by atoms with E-state index in [1.807, 2.05) is 51.7 Å². The largest absolute Gasteiger partial charge is 0.328 e. The minimum atomic E-state index is 0.0996. The summed E-state index contributed by atoms with van der Waals surface area (Å²) in [6.45, 7) is 4.89. The van der Waals surface area contributed by atoms with Gasteiger partial charge in [0.25, 0.3) is 0 Å². The second kappa shape index (κ2) is 9.75. The summed E-state index contributed by atoms with van der Waals surface area (Å²) in [5, 5.41) is 14.4. The van der Waals surface area contributed by atoms with Crippen molar-refractivity contribution in [3.63, 3.8) is 0 Å². The molecule has 0 spiro atoms. The van der Waals surface area contributed by atoms with E-state index in [-0.39, 0.29) is 5.69 Å². The van der Waals surface area contributed by atoms with Gasteiger partial charge >= 0.3 is 5.69 Å². The van der Waals surface area contributed by atoms with Gasteiger partial charge in [-0.3, -0.25) is 14.1 Å². The van der Waals surface area contributed by atoms with E-state index in [0.717, 1.165) is 60.2 Å². The summed E-state index contributed by atoms with van der Waals surface area (Å²) < 4.78 is 3.92. The van der Waals surface area contributed by atoms with E-state index in [1.54, 1.807) is 0 Å². The van der Waals surface area contributed by atoms with Crippen molar-refractivity contribution in [2.75, 3.05) is 0 Å². The molecule has 2 atom stereocenters. The van der Waals surface area contributed by atoms with Crippen molar-refractivity contribution in [2.24, 2.45) is 5.92 Å². The van der Waals surface area contributed by atoms with Gasteiger partial charge in [-0.15, -0.1) is 10.2 Å². The lowest BCUT2D eigenvalue weighted by atomic mass is 9.78. The highest BCUT2D eigenvalue weighted by Gasteiger charge is 2.32. The van der Waals surface area contributed by atoms with Crippen LogP contribution in [-0.4, -0.2) is 34.7 Å². The van der Waals surface area contributed by atoms with Crippen LogP contribution >= 0.6 is 0 Å². The van der Waals surface area contributed by atoms with E-state index in [1.165, 1.54) is 6.42 Å². The Morgan fingerprint density at radius 2 is 1.94 bits per heavy atom. The third-order valence-electron chi connectivity index (χ3n) is 7.10. The summed E-state index contributed by atoms with van der Waals surface area (Å²) in [5.41, 5.74) is 4.95. The van der Waals surface area contributed by atoms with Crippen molar-refractivity contribution < 1.29 is 0 Å². The van der Waals surface area contributed by atoms with Crippen LogP contribution in [0.15, 0.2) is 53.6 Å². The average Bonchev–Trinajstić information content (AvgIpc) is 3.48. The molecular formula is C26H31N7O. The third kappa shape index (κ3) is 4.20. The van der Waals surface area contributed by atoms with Crippen molar-refractivity contribution in [3.8, 4) is 22.5 Å². The smallest absolute Gasteiger partial charge is 0.296 e. The number of nitrogens with one attached hydrogen (secondary N) is 1. The van der Waals surface area contributed by atoms with Gasteiger partial charge < -0.3 is 0 Å². The molecule has 5 rings (SSSR count). The molecule has 0 amide bonds. The van der Waals surface area contributed by atoms with Gasteiger partial charge in [0, 0.05) is 35.3 Å². The fraction of sp³-hybridized carbons (Fsp3) is 0.423. The molecule has 1 N–H and O–H groups in total. The number of H-pyrrole nitrogens is 1. The molecule has 0 radical (unpaired) electrons. The normalized spacial score (nSPS) is 17.6. The van der Waals surface area contributed by atoms with Gasteiger partial charge in [-0.25, -0.2) is 4.79 Å². The fourth-order valence-electron chi connectivity index (χ4n) is 4.95. The Labute approximate surface area is 199 Å².